The number of nitrogens with zero attached hydrogens (tertiary/aromatic N) is 1. The van der Waals surface area contributed by atoms with E-state index in [4.69, 9.17) is 4.74 Å². The fraction of sp³-hybridized carbons (Fsp3) is 0.381. The molecule has 27 heavy (non-hydrogen) atoms. The Balaban J connectivity index is 1.55. The molecule has 1 atom stereocenters. The van der Waals surface area contributed by atoms with E-state index in [-0.39, 0.29) is 24.7 Å². The van der Waals surface area contributed by atoms with Crippen LogP contribution in [0.5, 0.6) is 5.75 Å². The topological polar surface area (TPSA) is 88.5 Å². The van der Waals surface area contributed by atoms with Crippen LogP contribution in [-0.2, 0) is 22.4 Å². The predicted octanol–water partition coefficient (Wildman–Crippen LogP) is 2.63. The molecule has 1 amide bonds. The van der Waals surface area contributed by atoms with E-state index in [2.05, 4.69) is 22.4 Å². The molecule has 6 nitrogen and oxygen atoms in total. The van der Waals surface area contributed by atoms with E-state index < -0.39 is 5.97 Å². The van der Waals surface area contributed by atoms with Gasteiger partial charge in [-0.3, -0.25) is 14.6 Å². The van der Waals surface area contributed by atoms with Gasteiger partial charge in [-0.05, 0) is 47.7 Å². The lowest BCUT2D eigenvalue weighted by Crippen LogP contribution is -2.28. The average molecular weight is 368 g/mol. The lowest BCUT2D eigenvalue weighted by atomic mass is 9.90. The lowest BCUT2D eigenvalue weighted by molar-refractivity contribution is -0.137. The highest BCUT2D eigenvalue weighted by molar-refractivity contribution is 5.78. The summed E-state index contributed by atoms with van der Waals surface area (Å²) in [5, 5.41) is 12.1. The highest BCUT2D eigenvalue weighted by Gasteiger charge is 2.21. The van der Waals surface area contributed by atoms with Crippen molar-refractivity contribution < 1.29 is 19.4 Å². The standard InChI is InChI=1S/C21H24N2O4/c1-14-13-22-7-5-18(14)17(12-21(25)26)11-20(24)23-8-4-15-2-3-16-6-9-27-19(16)10-15/h2-3,5,7,10,13,17H,4,6,8-9,11-12H2,1H3,(H,23,24)(H,25,26). The molecule has 2 N–H and O–H groups in total. The molecule has 0 fully saturated rings. The first-order valence-corrected chi connectivity index (χ1v) is 9.16. The van der Waals surface area contributed by atoms with Crippen molar-refractivity contribution in [3.05, 3.63) is 58.9 Å². The van der Waals surface area contributed by atoms with Crippen molar-refractivity contribution in [1.82, 2.24) is 10.3 Å². The quantitative estimate of drug-likeness (QED) is 0.748. The highest BCUT2D eigenvalue weighted by atomic mass is 16.5. The van der Waals surface area contributed by atoms with Gasteiger partial charge < -0.3 is 15.2 Å². The Kier molecular flexibility index (Phi) is 6.06. The fourth-order valence-corrected chi connectivity index (χ4v) is 3.45. The summed E-state index contributed by atoms with van der Waals surface area (Å²) in [6, 6.07) is 7.96. The van der Waals surface area contributed by atoms with E-state index >= 15 is 0 Å². The number of carboxylic acids is 1. The van der Waals surface area contributed by atoms with Crippen LogP contribution < -0.4 is 10.1 Å². The van der Waals surface area contributed by atoms with Crippen LogP contribution in [-0.4, -0.2) is 35.1 Å². The van der Waals surface area contributed by atoms with Gasteiger partial charge in [0.25, 0.3) is 0 Å². The number of pyridine rings is 1. The van der Waals surface area contributed by atoms with Crippen molar-refractivity contribution in [2.45, 2.75) is 38.5 Å². The number of rotatable bonds is 8. The molecule has 0 spiro atoms. The summed E-state index contributed by atoms with van der Waals surface area (Å²) in [4.78, 5) is 27.6. The minimum atomic E-state index is -0.915. The molecule has 2 aromatic rings. The SMILES string of the molecule is Cc1cnccc1C(CC(=O)O)CC(=O)NCCc1ccc2c(c1)OCC2. The Hall–Kier alpha value is -2.89. The average Bonchev–Trinajstić information content (AvgIpc) is 3.09. The number of benzene rings is 1. The summed E-state index contributed by atoms with van der Waals surface area (Å²) < 4.78 is 5.57. The third kappa shape index (κ3) is 5.06. The number of carbonyl (C=O) groups excluding carboxylic acids is 1. The maximum Gasteiger partial charge on any atom is 0.303 e. The number of amides is 1. The van der Waals surface area contributed by atoms with E-state index in [9.17, 15) is 14.7 Å². The van der Waals surface area contributed by atoms with E-state index in [0.29, 0.717) is 13.0 Å². The number of aliphatic carboxylic acids is 1. The zero-order valence-corrected chi connectivity index (χ0v) is 15.4. The van der Waals surface area contributed by atoms with Gasteiger partial charge in [0.1, 0.15) is 5.75 Å². The van der Waals surface area contributed by atoms with E-state index in [1.165, 1.54) is 5.56 Å². The Morgan fingerprint density at radius 3 is 2.93 bits per heavy atom. The predicted molar refractivity (Wildman–Crippen MR) is 101 cm³/mol. The molecule has 1 unspecified atom stereocenters. The number of hydrogen-bond donors (Lipinski definition) is 2. The highest BCUT2D eigenvalue weighted by Crippen LogP contribution is 2.27. The molecule has 1 aromatic heterocycles. The number of aryl methyl sites for hydroxylation is 1. The molecule has 0 aliphatic carbocycles. The van der Waals surface area contributed by atoms with Crippen molar-refractivity contribution in [2.75, 3.05) is 13.2 Å². The zero-order chi connectivity index (χ0) is 19.2. The third-order valence-electron chi connectivity index (χ3n) is 4.85. The van der Waals surface area contributed by atoms with Gasteiger partial charge in [-0.25, -0.2) is 0 Å². The summed E-state index contributed by atoms with van der Waals surface area (Å²) in [7, 11) is 0. The number of ether oxygens (including phenoxy) is 1. The number of fused-ring (bicyclic) bond motifs is 1. The lowest BCUT2D eigenvalue weighted by Gasteiger charge is -2.17. The van der Waals surface area contributed by atoms with Crippen molar-refractivity contribution in [1.29, 1.82) is 0 Å². The molecule has 1 aromatic carbocycles. The second-order valence-corrected chi connectivity index (χ2v) is 6.87. The summed E-state index contributed by atoms with van der Waals surface area (Å²) in [6.07, 6.45) is 5.04. The van der Waals surface area contributed by atoms with E-state index in [1.807, 2.05) is 13.0 Å². The first kappa shape index (κ1) is 18.9. The monoisotopic (exact) mass is 368 g/mol. The smallest absolute Gasteiger partial charge is 0.303 e. The second-order valence-electron chi connectivity index (χ2n) is 6.87. The van der Waals surface area contributed by atoms with Gasteiger partial charge >= 0.3 is 5.97 Å². The molecule has 142 valence electrons. The molecule has 0 radical (unpaired) electrons. The molecule has 1 aliphatic rings. The van der Waals surface area contributed by atoms with Crippen LogP contribution in [0.4, 0.5) is 0 Å². The number of carboxylic acid groups (broad SMARTS) is 1. The van der Waals surface area contributed by atoms with Gasteiger partial charge in [0.05, 0.1) is 13.0 Å². The summed E-state index contributed by atoms with van der Waals surface area (Å²) in [6.45, 7) is 3.12. The van der Waals surface area contributed by atoms with Crippen LogP contribution in [0, 0.1) is 6.92 Å². The Morgan fingerprint density at radius 2 is 2.15 bits per heavy atom. The van der Waals surface area contributed by atoms with Crippen LogP contribution >= 0.6 is 0 Å². The van der Waals surface area contributed by atoms with Gasteiger partial charge in [-0.15, -0.1) is 0 Å². The second kappa shape index (κ2) is 8.66. The Bertz CT molecular complexity index is 835. The molecular formula is C21H24N2O4. The molecule has 3 rings (SSSR count). The molecule has 6 heteroatoms. The summed E-state index contributed by atoms with van der Waals surface area (Å²) >= 11 is 0. The Morgan fingerprint density at radius 1 is 1.30 bits per heavy atom. The van der Waals surface area contributed by atoms with Gasteiger partial charge in [0, 0.05) is 37.7 Å². The van der Waals surface area contributed by atoms with Crippen molar-refractivity contribution in [3.63, 3.8) is 0 Å². The summed E-state index contributed by atoms with van der Waals surface area (Å²) in [5.41, 5.74) is 4.10. The first-order valence-electron chi connectivity index (χ1n) is 9.16. The van der Waals surface area contributed by atoms with Crippen LogP contribution in [0.15, 0.2) is 36.7 Å². The molecule has 0 saturated carbocycles. The molecule has 2 heterocycles. The van der Waals surface area contributed by atoms with Gasteiger partial charge in [-0.1, -0.05) is 12.1 Å². The van der Waals surface area contributed by atoms with Gasteiger partial charge in [-0.2, -0.15) is 0 Å². The van der Waals surface area contributed by atoms with Crippen LogP contribution in [0.25, 0.3) is 0 Å². The minimum absolute atomic E-state index is 0.0829. The zero-order valence-electron chi connectivity index (χ0n) is 15.4. The fourth-order valence-electron chi connectivity index (χ4n) is 3.45. The van der Waals surface area contributed by atoms with E-state index in [1.54, 1.807) is 18.5 Å². The van der Waals surface area contributed by atoms with Crippen LogP contribution in [0.3, 0.4) is 0 Å². The largest absolute Gasteiger partial charge is 0.493 e. The molecule has 1 aliphatic heterocycles. The number of hydrogen-bond acceptors (Lipinski definition) is 4. The number of aromatic nitrogens is 1. The van der Waals surface area contributed by atoms with Crippen molar-refractivity contribution >= 4 is 11.9 Å². The van der Waals surface area contributed by atoms with Crippen molar-refractivity contribution in [3.8, 4) is 5.75 Å². The normalized spacial score (nSPS) is 13.5. The van der Waals surface area contributed by atoms with Crippen molar-refractivity contribution in [2.24, 2.45) is 0 Å². The molecule has 0 bridgehead atoms. The maximum absolute atomic E-state index is 12.4. The first-order chi connectivity index (χ1) is 13.0. The third-order valence-corrected chi connectivity index (χ3v) is 4.85. The van der Waals surface area contributed by atoms with Gasteiger partial charge in [0.2, 0.25) is 5.91 Å². The van der Waals surface area contributed by atoms with E-state index in [0.717, 1.165) is 35.5 Å². The van der Waals surface area contributed by atoms with Gasteiger partial charge in [0.15, 0.2) is 0 Å². The molecular weight excluding hydrogens is 344 g/mol. The van der Waals surface area contributed by atoms with Crippen LogP contribution in [0.1, 0.15) is 41.0 Å². The number of nitrogens with one attached hydrogen (secondary N) is 1. The minimum Gasteiger partial charge on any atom is -0.493 e. The molecule has 0 saturated heterocycles. The maximum atomic E-state index is 12.4. The number of carbonyl (C=O) groups is 2. The van der Waals surface area contributed by atoms with Crippen LogP contribution in [0.2, 0.25) is 0 Å². The Labute approximate surface area is 158 Å². The summed E-state index contributed by atoms with van der Waals surface area (Å²) in [5.74, 6) is -0.482.